The molecular weight excluding hydrogens is 362 g/mol. The Hall–Kier alpha value is -1.32. The van der Waals surface area contributed by atoms with Gasteiger partial charge >= 0.3 is 0 Å². The number of nitrogens with one attached hydrogen (secondary N) is 1. The maximum atomic E-state index is 12.3. The molecule has 0 bridgehead atoms. The van der Waals surface area contributed by atoms with Crippen molar-refractivity contribution in [3.05, 3.63) is 68.7 Å². The minimum atomic E-state index is 0.0589. The summed E-state index contributed by atoms with van der Waals surface area (Å²) in [6, 6.07) is 14.0. The highest BCUT2D eigenvalue weighted by molar-refractivity contribution is 9.10. The van der Waals surface area contributed by atoms with Crippen LogP contribution in [0.15, 0.2) is 46.9 Å². The molecule has 0 heterocycles. The molecule has 1 amide bonds. The van der Waals surface area contributed by atoms with Gasteiger partial charge in [-0.1, -0.05) is 45.7 Å². The van der Waals surface area contributed by atoms with Crippen molar-refractivity contribution in [2.75, 3.05) is 6.54 Å². The molecule has 2 aromatic carbocycles. The summed E-state index contributed by atoms with van der Waals surface area (Å²) in [7, 11) is 0. The second-order valence-corrected chi connectivity index (χ2v) is 7.04. The van der Waals surface area contributed by atoms with E-state index in [1.165, 1.54) is 11.1 Å². The lowest BCUT2D eigenvalue weighted by Crippen LogP contribution is -2.32. The van der Waals surface area contributed by atoms with Crippen molar-refractivity contribution in [1.29, 1.82) is 0 Å². The van der Waals surface area contributed by atoms with Crippen LogP contribution in [0.4, 0.5) is 0 Å². The lowest BCUT2D eigenvalue weighted by Gasteiger charge is -2.10. The average Bonchev–Trinajstić information content (AvgIpc) is 2.90. The molecule has 0 saturated heterocycles. The Balaban J connectivity index is 1.51. The van der Waals surface area contributed by atoms with Gasteiger partial charge in [0.1, 0.15) is 0 Å². The highest BCUT2D eigenvalue weighted by Crippen LogP contribution is 2.29. The Morgan fingerprint density at radius 2 is 2.00 bits per heavy atom. The van der Waals surface area contributed by atoms with Crippen LogP contribution in [0, 0.1) is 5.92 Å². The van der Waals surface area contributed by atoms with Gasteiger partial charge in [-0.15, -0.1) is 0 Å². The molecule has 114 valence electrons. The summed E-state index contributed by atoms with van der Waals surface area (Å²) in [6.45, 7) is 0.649. The minimum absolute atomic E-state index is 0.0589. The topological polar surface area (TPSA) is 29.1 Å². The van der Waals surface area contributed by atoms with Crippen LogP contribution in [0.5, 0.6) is 0 Å². The van der Waals surface area contributed by atoms with Crippen LogP contribution in [-0.4, -0.2) is 12.5 Å². The predicted molar refractivity (Wildman–Crippen MR) is 93.2 cm³/mol. The average molecular weight is 379 g/mol. The molecule has 1 aliphatic rings. The van der Waals surface area contributed by atoms with Crippen molar-refractivity contribution in [2.24, 2.45) is 5.92 Å². The van der Waals surface area contributed by atoms with Gasteiger partial charge in [-0.3, -0.25) is 4.79 Å². The monoisotopic (exact) mass is 377 g/mol. The molecule has 0 fully saturated rings. The standard InChI is InChI=1S/C18H17BrClNO/c19-16-5-4-13-9-15(10-14(13)11-16)18(22)21-7-6-12-2-1-3-17(20)8-12/h1-5,8,11,15H,6-7,9-10H2,(H,21,22). The summed E-state index contributed by atoms with van der Waals surface area (Å²) in [5.74, 6) is 0.206. The molecule has 1 atom stereocenters. The molecule has 2 nitrogen and oxygen atoms in total. The lowest BCUT2D eigenvalue weighted by atomic mass is 10.1. The summed E-state index contributed by atoms with van der Waals surface area (Å²) in [5, 5.41) is 3.78. The van der Waals surface area contributed by atoms with Gasteiger partial charge in [0.2, 0.25) is 5.91 Å². The van der Waals surface area contributed by atoms with E-state index in [1.807, 2.05) is 30.3 Å². The van der Waals surface area contributed by atoms with E-state index in [1.54, 1.807) is 0 Å². The zero-order chi connectivity index (χ0) is 15.5. The van der Waals surface area contributed by atoms with Crippen LogP contribution in [-0.2, 0) is 24.1 Å². The normalized spacial score (nSPS) is 16.4. The molecule has 4 heteroatoms. The Morgan fingerprint density at radius 1 is 1.18 bits per heavy atom. The first-order valence-electron chi connectivity index (χ1n) is 7.41. The third-order valence-corrected chi connectivity index (χ3v) is 4.80. The quantitative estimate of drug-likeness (QED) is 0.850. The molecule has 0 aliphatic heterocycles. The predicted octanol–water partition coefficient (Wildman–Crippen LogP) is 4.18. The number of fused-ring (bicyclic) bond motifs is 1. The molecule has 0 spiro atoms. The van der Waals surface area contributed by atoms with Crippen molar-refractivity contribution in [3.8, 4) is 0 Å². The molecule has 1 N–H and O–H groups in total. The van der Waals surface area contributed by atoms with Crippen LogP contribution >= 0.6 is 27.5 Å². The number of carbonyl (C=O) groups is 1. The Morgan fingerprint density at radius 3 is 2.82 bits per heavy atom. The van der Waals surface area contributed by atoms with Crippen molar-refractivity contribution < 1.29 is 4.79 Å². The molecule has 1 unspecified atom stereocenters. The van der Waals surface area contributed by atoms with Crippen LogP contribution in [0.3, 0.4) is 0 Å². The zero-order valence-electron chi connectivity index (χ0n) is 12.1. The number of amides is 1. The largest absolute Gasteiger partial charge is 0.356 e. The number of hydrogen-bond acceptors (Lipinski definition) is 1. The maximum Gasteiger partial charge on any atom is 0.223 e. The first kappa shape index (κ1) is 15.6. The van der Waals surface area contributed by atoms with Gasteiger partial charge in [-0.2, -0.15) is 0 Å². The van der Waals surface area contributed by atoms with Crippen molar-refractivity contribution >= 4 is 33.4 Å². The summed E-state index contributed by atoms with van der Waals surface area (Å²) in [6.07, 6.45) is 2.47. The van der Waals surface area contributed by atoms with Crippen molar-refractivity contribution in [3.63, 3.8) is 0 Å². The van der Waals surface area contributed by atoms with Gasteiger partial charge in [-0.05, 0) is 60.2 Å². The molecule has 0 radical (unpaired) electrons. The molecular formula is C18H17BrClNO. The van der Waals surface area contributed by atoms with E-state index in [2.05, 4.69) is 33.4 Å². The zero-order valence-corrected chi connectivity index (χ0v) is 14.5. The highest BCUT2D eigenvalue weighted by atomic mass is 79.9. The minimum Gasteiger partial charge on any atom is -0.356 e. The van der Waals surface area contributed by atoms with Gasteiger partial charge in [-0.25, -0.2) is 0 Å². The lowest BCUT2D eigenvalue weighted by molar-refractivity contribution is -0.124. The Bertz CT molecular complexity index is 701. The van der Waals surface area contributed by atoms with Gasteiger partial charge in [0.25, 0.3) is 0 Å². The van der Waals surface area contributed by atoms with Crippen LogP contribution in [0.25, 0.3) is 0 Å². The molecule has 22 heavy (non-hydrogen) atoms. The smallest absolute Gasteiger partial charge is 0.223 e. The van der Waals surface area contributed by atoms with Gasteiger partial charge in [0.15, 0.2) is 0 Å². The number of carbonyl (C=O) groups excluding carboxylic acids is 1. The summed E-state index contributed by atoms with van der Waals surface area (Å²) >= 11 is 9.45. The van der Waals surface area contributed by atoms with Crippen LogP contribution in [0.1, 0.15) is 16.7 Å². The summed E-state index contributed by atoms with van der Waals surface area (Å²) in [4.78, 5) is 12.3. The van der Waals surface area contributed by atoms with Crippen molar-refractivity contribution in [1.82, 2.24) is 5.32 Å². The van der Waals surface area contributed by atoms with E-state index in [0.717, 1.165) is 34.3 Å². The van der Waals surface area contributed by atoms with E-state index in [4.69, 9.17) is 11.6 Å². The molecule has 0 aromatic heterocycles. The maximum absolute atomic E-state index is 12.3. The van der Waals surface area contributed by atoms with Crippen LogP contribution < -0.4 is 5.32 Å². The number of rotatable bonds is 4. The number of halogens is 2. The van der Waals surface area contributed by atoms with E-state index in [0.29, 0.717) is 6.54 Å². The molecule has 2 aromatic rings. The molecule has 1 aliphatic carbocycles. The van der Waals surface area contributed by atoms with Gasteiger partial charge in [0.05, 0.1) is 0 Å². The number of hydrogen-bond donors (Lipinski definition) is 1. The first-order valence-corrected chi connectivity index (χ1v) is 8.58. The van der Waals surface area contributed by atoms with E-state index in [-0.39, 0.29) is 11.8 Å². The van der Waals surface area contributed by atoms with Gasteiger partial charge in [0, 0.05) is 22.0 Å². The second kappa shape index (κ2) is 6.84. The summed E-state index contributed by atoms with van der Waals surface area (Å²) in [5.41, 5.74) is 3.72. The SMILES string of the molecule is O=C(NCCc1cccc(Cl)c1)C1Cc2ccc(Br)cc2C1. The fourth-order valence-electron chi connectivity index (χ4n) is 2.94. The first-order chi connectivity index (χ1) is 10.6. The van der Waals surface area contributed by atoms with Crippen molar-refractivity contribution in [2.45, 2.75) is 19.3 Å². The molecule has 0 saturated carbocycles. The van der Waals surface area contributed by atoms with Crippen LogP contribution in [0.2, 0.25) is 5.02 Å². The fraction of sp³-hybridized carbons (Fsp3) is 0.278. The molecule has 3 rings (SSSR count). The Labute approximate surface area is 144 Å². The third-order valence-electron chi connectivity index (χ3n) is 4.07. The fourth-order valence-corrected chi connectivity index (χ4v) is 3.56. The highest BCUT2D eigenvalue weighted by Gasteiger charge is 2.27. The Kier molecular flexibility index (Phi) is 4.84. The summed E-state index contributed by atoms with van der Waals surface area (Å²) < 4.78 is 1.08. The van der Waals surface area contributed by atoms with E-state index >= 15 is 0 Å². The van der Waals surface area contributed by atoms with Gasteiger partial charge < -0.3 is 5.32 Å². The van der Waals surface area contributed by atoms with E-state index in [9.17, 15) is 4.79 Å². The number of benzene rings is 2. The van der Waals surface area contributed by atoms with E-state index < -0.39 is 0 Å². The third kappa shape index (κ3) is 3.71. The second-order valence-electron chi connectivity index (χ2n) is 5.69.